The van der Waals surface area contributed by atoms with Gasteiger partial charge in [0.05, 0.1) is 27.3 Å². The fourth-order valence-corrected chi connectivity index (χ4v) is 4.28. The smallest absolute Gasteiger partial charge is 0.266 e. The van der Waals surface area contributed by atoms with Gasteiger partial charge in [0.2, 0.25) is 0 Å². The molecule has 0 amide bonds. The number of aryl methyl sites for hydroxylation is 1. The lowest BCUT2D eigenvalue weighted by atomic mass is 10.2. The molecule has 0 unspecified atom stereocenters. The minimum absolute atomic E-state index is 0.202. The minimum atomic E-state index is -0.460. The van der Waals surface area contributed by atoms with Crippen molar-refractivity contribution in [2.45, 2.75) is 17.8 Å². The Bertz CT molecular complexity index is 1150. The van der Waals surface area contributed by atoms with Crippen molar-refractivity contribution in [2.24, 2.45) is 0 Å². The number of hydrogen-bond donors (Lipinski definition) is 0. The molecule has 2 aromatic carbocycles. The quantitative estimate of drug-likeness (QED) is 0.382. The fraction of sp³-hybridized carbons (Fsp3) is 0.105. The molecule has 2 heterocycles. The maximum atomic E-state index is 14.4. The Balaban J connectivity index is 1.88. The first kappa shape index (κ1) is 16.9. The van der Waals surface area contributed by atoms with Gasteiger partial charge < -0.3 is 0 Å². The summed E-state index contributed by atoms with van der Waals surface area (Å²) in [6, 6.07) is 13.4. The molecule has 7 heteroatoms. The highest BCUT2D eigenvalue weighted by atomic mass is 32.2. The van der Waals surface area contributed by atoms with Crippen molar-refractivity contribution < 1.29 is 4.39 Å². The van der Waals surface area contributed by atoms with Crippen molar-refractivity contribution in [3.8, 4) is 5.69 Å². The Hall–Kier alpha value is -2.51. The zero-order valence-electron chi connectivity index (χ0n) is 13.8. The van der Waals surface area contributed by atoms with Crippen LogP contribution in [0, 0.1) is 12.7 Å². The second-order valence-electron chi connectivity index (χ2n) is 5.65. The minimum Gasteiger partial charge on any atom is -0.268 e. The lowest BCUT2D eigenvalue weighted by Crippen LogP contribution is -2.22. The summed E-state index contributed by atoms with van der Waals surface area (Å²) < 4.78 is 15.7. The molecule has 0 atom stereocenters. The van der Waals surface area contributed by atoms with Gasteiger partial charge in [-0.15, -0.1) is 11.3 Å². The van der Waals surface area contributed by atoms with E-state index >= 15 is 0 Å². The van der Waals surface area contributed by atoms with Crippen LogP contribution in [0.2, 0.25) is 0 Å². The van der Waals surface area contributed by atoms with E-state index in [0.29, 0.717) is 21.8 Å². The van der Waals surface area contributed by atoms with Gasteiger partial charge in [0.25, 0.3) is 5.56 Å². The van der Waals surface area contributed by atoms with Crippen LogP contribution in [-0.2, 0) is 5.75 Å². The van der Waals surface area contributed by atoms with E-state index in [1.807, 2.05) is 18.4 Å². The van der Waals surface area contributed by atoms with E-state index in [4.69, 9.17) is 0 Å². The van der Waals surface area contributed by atoms with E-state index in [1.54, 1.807) is 47.7 Å². The van der Waals surface area contributed by atoms with Crippen molar-refractivity contribution in [1.29, 1.82) is 0 Å². The van der Waals surface area contributed by atoms with Crippen molar-refractivity contribution in [2.75, 3.05) is 0 Å². The van der Waals surface area contributed by atoms with E-state index in [-0.39, 0.29) is 11.2 Å². The Kier molecular flexibility index (Phi) is 4.57. The van der Waals surface area contributed by atoms with E-state index in [1.165, 1.54) is 22.4 Å². The van der Waals surface area contributed by atoms with Crippen LogP contribution in [0.3, 0.4) is 0 Å². The number of nitrogens with zero attached hydrogens (tertiary/aromatic N) is 3. The number of para-hydroxylation sites is 2. The number of thioether (sulfide) groups is 1. The van der Waals surface area contributed by atoms with Crippen LogP contribution < -0.4 is 5.56 Å². The average Bonchev–Trinajstić information content (AvgIpc) is 3.06. The molecular weight excluding hydrogens is 369 g/mol. The summed E-state index contributed by atoms with van der Waals surface area (Å²) >= 11 is 2.95. The topological polar surface area (TPSA) is 47.8 Å². The third kappa shape index (κ3) is 3.15. The van der Waals surface area contributed by atoms with Crippen LogP contribution in [-0.4, -0.2) is 14.5 Å². The third-order valence-electron chi connectivity index (χ3n) is 3.85. The Labute approximate surface area is 157 Å². The molecule has 0 radical (unpaired) electrons. The second kappa shape index (κ2) is 7.01. The lowest BCUT2D eigenvalue weighted by Gasteiger charge is -2.13. The summed E-state index contributed by atoms with van der Waals surface area (Å²) in [5.74, 6) is 0.0989. The average molecular weight is 383 g/mol. The normalized spacial score (nSPS) is 11.2. The van der Waals surface area contributed by atoms with Gasteiger partial charge in [-0.05, 0) is 31.2 Å². The summed E-state index contributed by atoms with van der Waals surface area (Å²) in [7, 11) is 0. The van der Waals surface area contributed by atoms with Gasteiger partial charge in [-0.3, -0.25) is 9.36 Å². The first-order valence-corrected chi connectivity index (χ1v) is 9.80. The molecule has 0 aliphatic rings. The molecule has 0 N–H and O–H groups in total. The molecular formula is C19H14FN3OS2. The monoisotopic (exact) mass is 383 g/mol. The first-order valence-electron chi connectivity index (χ1n) is 7.94. The second-order valence-corrected chi connectivity index (χ2v) is 7.65. The highest BCUT2D eigenvalue weighted by Gasteiger charge is 2.16. The van der Waals surface area contributed by atoms with E-state index in [9.17, 15) is 9.18 Å². The summed E-state index contributed by atoms with van der Waals surface area (Å²) in [5.41, 5.74) is 1.44. The highest BCUT2D eigenvalue weighted by Crippen LogP contribution is 2.26. The van der Waals surface area contributed by atoms with Gasteiger partial charge in [0.15, 0.2) is 5.16 Å². The number of fused-ring (bicyclic) bond motifs is 1. The van der Waals surface area contributed by atoms with Crippen molar-refractivity contribution in [3.63, 3.8) is 0 Å². The van der Waals surface area contributed by atoms with Crippen molar-refractivity contribution in [1.82, 2.24) is 14.5 Å². The van der Waals surface area contributed by atoms with E-state index < -0.39 is 5.82 Å². The predicted octanol–water partition coefficient (Wildman–Crippen LogP) is 4.58. The number of benzene rings is 2. The Morgan fingerprint density at radius 1 is 1.12 bits per heavy atom. The van der Waals surface area contributed by atoms with Gasteiger partial charge in [-0.1, -0.05) is 36.0 Å². The van der Waals surface area contributed by atoms with Crippen LogP contribution >= 0.6 is 23.1 Å². The zero-order valence-corrected chi connectivity index (χ0v) is 15.5. The summed E-state index contributed by atoms with van der Waals surface area (Å²) in [6.45, 7) is 1.95. The molecule has 0 saturated carbocycles. The molecule has 0 aliphatic heterocycles. The van der Waals surface area contributed by atoms with Crippen molar-refractivity contribution >= 4 is 34.0 Å². The molecule has 0 fully saturated rings. The van der Waals surface area contributed by atoms with Gasteiger partial charge in [-0.25, -0.2) is 14.4 Å². The highest BCUT2D eigenvalue weighted by molar-refractivity contribution is 7.98. The van der Waals surface area contributed by atoms with Crippen LogP contribution in [0.1, 0.15) is 10.7 Å². The molecule has 4 nitrogen and oxygen atoms in total. The molecule has 0 bridgehead atoms. The molecule has 4 rings (SSSR count). The third-order valence-corrected chi connectivity index (χ3v) is 5.65. The Morgan fingerprint density at radius 3 is 2.65 bits per heavy atom. The fourth-order valence-electron chi connectivity index (χ4n) is 2.67. The standard InChI is InChI=1S/C19H14FN3OS2/c1-12-21-13(10-25-12)11-26-19-22-16-8-4-2-6-14(16)18(24)23(19)17-9-5-3-7-15(17)20/h2-10H,11H2,1H3. The van der Waals surface area contributed by atoms with E-state index in [2.05, 4.69) is 9.97 Å². The van der Waals surface area contributed by atoms with Gasteiger partial charge >= 0.3 is 0 Å². The van der Waals surface area contributed by atoms with E-state index in [0.717, 1.165) is 10.7 Å². The van der Waals surface area contributed by atoms with Gasteiger partial charge in [-0.2, -0.15) is 0 Å². The maximum Gasteiger partial charge on any atom is 0.266 e. The molecule has 4 aromatic rings. The zero-order chi connectivity index (χ0) is 18.1. The van der Waals surface area contributed by atoms with Crippen LogP contribution in [0.25, 0.3) is 16.6 Å². The summed E-state index contributed by atoms with van der Waals surface area (Å²) in [5, 5.41) is 3.88. The maximum absolute atomic E-state index is 14.4. The number of hydrogen-bond acceptors (Lipinski definition) is 5. The lowest BCUT2D eigenvalue weighted by molar-refractivity contribution is 0.608. The van der Waals surface area contributed by atoms with Crippen LogP contribution in [0.5, 0.6) is 0 Å². The largest absolute Gasteiger partial charge is 0.268 e. The molecule has 0 saturated heterocycles. The van der Waals surface area contributed by atoms with Crippen LogP contribution in [0.15, 0.2) is 63.9 Å². The number of halogens is 1. The SMILES string of the molecule is Cc1nc(CSc2nc3ccccc3c(=O)n2-c2ccccc2F)cs1. The first-order chi connectivity index (χ1) is 12.6. The van der Waals surface area contributed by atoms with Gasteiger partial charge in [0.1, 0.15) is 5.82 Å². The molecule has 130 valence electrons. The summed E-state index contributed by atoms with van der Waals surface area (Å²) in [4.78, 5) is 22.1. The number of rotatable bonds is 4. The molecule has 2 aromatic heterocycles. The number of aromatic nitrogens is 3. The predicted molar refractivity (Wildman–Crippen MR) is 104 cm³/mol. The Morgan fingerprint density at radius 2 is 1.88 bits per heavy atom. The van der Waals surface area contributed by atoms with Crippen LogP contribution in [0.4, 0.5) is 4.39 Å². The summed E-state index contributed by atoms with van der Waals surface area (Å²) in [6.07, 6.45) is 0. The van der Waals surface area contributed by atoms with Crippen molar-refractivity contribution in [3.05, 3.63) is 80.8 Å². The molecule has 0 aliphatic carbocycles. The number of thiazole rings is 1. The van der Waals surface area contributed by atoms with Gasteiger partial charge in [0, 0.05) is 11.1 Å². The molecule has 26 heavy (non-hydrogen) atoms. The molecule has 0 spiro atoms.